The van der Waals surface area contributed by atoms with Crippen molar-refractivity contribution in [3.05, 3.63) is 82.1 Å². The maximum absolute atomic E-state index is 14.0. The van der Waals surface area contributed by atoms with Gasteiger partial charge in [0.2, 0.25) is 0 Å². The zero-order chi connectivity index (χ0) is 25.9. The normalized spacial score (nSPS) is 18.2. The molecule has 2 aliphatic rings. The van der Waals surface area contributed by atoms with E-state index in [0.29, 0.717) is 17.2 Å². The number of pyridine rings is 1. The molecule has 0 radical (unpaired) electrons. The van der Waals surface area contributed by atoms with Crippen molar-refractivity contribution in [1.82, 2.24) is 28.6 Å². The molecule has 1 aliphatic heterocycles. The van der Waals surface area contributed by atoms with Crippen LogP contribution in [0.5, 0.6) is 0 Å². The minimum Gasteiger partial charge on any atom is -0.320 e. The molecule has 0 unspecified atom stereocenters. The quantitative estimate of drug-likeness (QED) is 0.360. The van der Waals surface area contributed by atoms with Gasteiger partial charge in [0.1, 0.15) is 18.3 Å². The van der Waals surface area contributed by atoms with Crippen molar-refractivity contribution < 1.29 is 17.6 Å². The molecule has 1 aromatic carbocycles. The fraction of sp³-hybridized carbons (Fsp3) is 0.423. The van der Waals surface area contributed by atoms with E-state index in [-0.39, 0.29) is 31.1 Å². The number of nitrogens with zero attached hydrogens (tertiary/aromatic N) is 6. The Morgan fingerprint density at radius 1 is 1.14 bits per heavy atom. The Kier molecular flexibility index (Phi) is 5.70. The van der Waals surface area contributed by atoms with Gasteiger partial charge in [0, 0.05) is 45.0 Å². The lowest BCUT2D eigenvalue weighted by molar-refractivity contribution is -0.136. The number of benzene rings is 1. The maximum atomic E-state index is 14.0. The molecule has 2 fully saturated rings. The van der Waals surface area contributed by atoms with Crippen LogP contribution < -0.4 is 5.69 Å². The smallest absolute Gasteiger partial charge is 0.320 e. The average molecular weight is 515 g/mol. The van der Waals surface area contributed by atoms with Gasteiger partial charge in [-0.3, -0.25) is 13.9 Å². The molecule has 194 valence electrons. The fourth-order valence-corrected chi connectivity index (χ4v) is 5.48. The first kappa shape index (κ1) is 23.9. The zero-order valence-electron chi connectivity index (χ0n) is 20.2. The number of likely N-dealkylation sites (tertiary alicyclic amines) is 1. The van der Waals surface area contributed by atoms with Crippen LogP contribution in [0.25, 0.3) is 11.2 Å². The highest BCUT2D eigenvalue weighted by molar-refractivity contribution is 5.58. The largest absolute Gasteiger partial charge is 0.418 e. The molecule has 1 saturated heterocycles. The van der Waals surface area contributed by atoms with E-state index in [2.05, 4.69) is 10.2 Å². The van der Waals surface area contributed by atoms with Crippen molar-refractivity contribution in [2.45, 2.75) is 44.1 Å². The molecule has 6 rings (SSSR count). The SMILES string of the molecule is Cn1cnnc1[C@@H](c1cccc(-n2cc3c(C(F)(F)F)cc(CN4CC(F)C4)cn3c2=O)c1)C1CCC1. The molecule has 0 amide bonds. The molecule has 0 N–H and O–H groups in total. The molecule has 3 aromatic heterocycles. The van der Waals surface area contributed by atoms with Crippen LogP contribution in [-0.4, -0.2) is 47.9 Å². The molecule has 1 saturated carbocycles. The van der Waals surface area contributed by atoms with E-state index < -0.39 is 23.6 Å². The molecule has 11 heteroatoms. The molecular formula is C26H26F4N6O. The predicted octanol–water partition coefficient (Wildman–Crippen LogP) is 4.32. The van der Waals surface area contributed by atoms with E-state index in [4.69, 9.17) is 0 Å². The molecule has 0 spiro atoms. The number of imidazole rings is 1. The summed E-state index contributed by atoms with van der Waals surface area (Å²) in [6.45, 7) is 0.499. The van der Waals surface area contributed by atoms with Gasteiger partial charge in [0.05, 0.1) is 16.8 Å². The third kappa shape index (κ3) is 4.24. The molecule has 37 heavy (non-hydrogen) atoms. The van der Waals surface area contributed by atoms with Crippen molar-refractivity contribution in [2.24, 2.45) is 13.0 Å². The second-order valence-electron chi connectivity index (χ2n) is 10.2. The van der Waals surface area contributed by atoms with Crippen molar-refractivity contribution in [1.29, 1.82) is 0 Å². The number of halogens is 4. The average Bonchev–Trinajstić information content (AvgIpc) is 3.37. The van der Waals surface area contributed by atoms with Crippen molar-refractivity contribution in [3.63, 3.8) is 0 Å². The van der Waals surface area contributed by atoms with Gasteiger partial charge in [-0.05, 0) is 48.1 Å². The van der Waals surface area contributed by atoms with Crippen LogP contribution in [0.1, 0.15) is 47.7 Å². The predicted molar refractivity (Wildman–Crippen MR) is 128 cm³/mol. The maximum Gasteiger partial charge on any atom is 0.418 e. The molecule has 1 aliphatic carbocycles. The van der Waals surface area contributed by atoms with Gasteiger partial charge < -0.3 is 4.57 Å². The monoisotopic (exact) mass is 514 g/mol. The minimum absolute atomic E-state index is 0.0258. The molecule has 7 nitrogen and oxygen atoms in total. The first-order valence-electron chi connectivity index (χ1n) is 12.3. The molecule has 4 heterocycles. The summed E-state index contributed by atoms with van der Waals surface area (Å²) in [7, 11) is 1.89. The fourth-order valence-electron chi connectivity index (χ4n) is 5.48. The number of rotatable bonds is 6. The van der Waals surface area contributed by atoms with E-state index in [1.807, 2.05) is 29.8 Å². The van der Waals surface area contributed by atoms with Gasteiger partial charge in [-0.15, -0.1) is 10.2 Å². The third-order valence-electron chi connectivity index (χ3n) is 7.60. The van der Waals surface area contributed by atoms with E-state index >= 15 is 0 Å². The van der Waals surface area contributed by atoms with Gasteiger partial charge in [-0.25, -0.2) is 9.18 Å². The number of aromatic nitrogens is 5. The van der Waals surface area contributed by atoms with Crippen LogP contribution in [0.3, 0.4) is 0 Å². The summed E-state index contributed by atoms with van der Waals surface area (Å²) in [5.41, 5.74) is 0.0346. The Morgan fingerprint density at radius 2 is 1.92 bits per heavy atom. The van der Waals surface area contributed by atoms with E-state index in [9.17, 15) is 22.4 Å². The summed E-state index contributed by atoms with van der Waals surface area (Å²) in [6, 6.07) is 8.41. The molecule has 1 atom stereocenters. The Labute approximate surface area is 210 Å². The Bertz CT molecular complexity index is 1510. The van der Waals surface area contributed by atoms with Crippen LogP contribution in [0, 0.1) is 5.92 Å². The van der Waals surface area contributed by atoms with Crippen LogP contribution in [0.15, 0.2) is 53.8 Å². The number of hydrogen-bond donors (Lipinski definition) is 0. The van der Waals surface area contributed by atoms with Crippen molar-refractivity contribution in [3.8, 4) is 5.69 Å². The first-order valence-corrected chi connectivity index (χ1v) is 12.3. The second-order valence-corrected chi connectivity index (χ2v) is 10.2. The van der Waals surface area contributed by atoms with Crippen LogP contribution >= 0.6 is 0 Å². The summed E-state index contributed by atoms with van der Waals surface area (Å²) < 4.78 is 59.5. The number of aryl methyl sites for hydroxylation is 1. The van der Waals surface area contributed by atoms with Crippen LogP contribution in [-0.2, 0) is 19.8 Å². The van der Waals surface area contributed by atoms with Gasteiger partial charge in [-0.2, -0.15) is 13.2 Å². The molecule has 4 aromatic rings. The lowest BCUT2D eigenvalue weighted by Gasteiger charge is -2.34. The zero-order valence-corrected chi connectivity index (χ0v) is 20.2. The molecule has 0 bridgehead atoms. The Hall–Kier alpha value is -3.47. The van der Waals surface area contributed by atoms with Crippen molar-refractivity contribution in [2.75, 3.05) is 13.1 Å². The van der Waals surface area contributed by atoms with Crippen LogP contribution in [0.4, 0.5) is 17.6 Å². The topological polar surface area (TPSA) is 60.4 Å². The standard InChI is InChI=1S/C26H26F4N6O/c1-33-15-31-32-24(33)23(17-4-2-5-17)18-6-3-7-20(9-18)35-14-22-21(26(28,29)30)8-16(11-36(22)25(35)37)10-34-12-19(27)13-34/h3,6-9,11,14-15,17,19,23H,2,4-5,10,12-13H2,1H3/t23-/m1/s1. The first-order chi connectivity index (χ1) is 17.7. The summed E-state index contributed by atoms with van der Waals surface area (Å²) in [5.74, 6) is 1.18. The number of hydrogen-bond acceptors (Lipinski definition) is 4. The van der Waals surface area contributed by atoms with Gasteiger partial charge in [-0.1, -0.05) is 18.6 Å². The number of fused-ring (bicyclic) bond motifs is 1. The highest BCUT2D eigenvalue weighted by Gasteiger charge is 2.36. The summed E-state index contributed by atoms with van der Waals surface area (Å²) >= 11 is 0. The van der Waals surface area contributed by atoms with Crippen LogP contribution in [0.2, 0.25) is 0 Å². The van der Waals surface area contributed by atoms with E-state index in [1.54, 1.807) is 17.3 Å². The number of alkyl halides is 4. The summed E-state index contributed by atoms with van der Waals surface area (Å²) in [6.07, 6.45) is 1.94. The van der Waals surface area contributed by atoms with Crippen molar-refractivity contribution >= 4 is 5.52 Å². The Morgan fingerprint density at radius 3 is 2.54 bits per heavy atom. The lowest BCUT2D eigenvalue weighted by Crippen LogP contribution is -2.47. The second kappa shape index (κ2) is 8.83. The minimum atomic E-state index is -4.65. The van der Waals surface area contributed by atoms with Gasteiger partial charge in [0.25, 0.3) is 0 Å². The molecular weight excluding hydrogens is 488 g/mol. The summed E-state index contributed by atoms with van der Waals surface area (Å²) in [4.78, 5) is 15.1. The highest BCUT2D eigenvalue weighted by atomic mass is 19.4. The lowest BCUT2D eigenvalue weighted by atomic mass is 9.72. The van der Waals surface area contributed by atoms with E-state index in [1.165, 1.54) is 17.0 Å². The Balaban J connectivity index is 1.44. The third-order valence-corrected chi connectivity index (χ3v) is 7.60. The summed E-state index contributed by atoms with van der Waals surface area (Å²) in [5, 5.41) is 8.36. The highest BCUT2D eigenvalue weighted by Crippen LogP contribution is 2.43. The van der Waals surface area contributed by atoms with Gasteiger partial charge >= 0.3 is 11.9 Å². The van der Waals surface area contributed by atoms with E-state index in [0.717, 1.165) is 41.1 Å². The van der Waals surface area contributed by atoms with Gasteiger partial charge in [0.15, 0.2) is 0 Å².